The molecule has 1 heterocycles. The Morgan fingerprint density at radius 1 is 1.03 bits per heavy atom. The molecule has 4 rings (SSSR count). The highest BCUT2D eigenvalue weighted by Gasteiger charge is 2.36. The second-order valence-electron chi connectivity index (χ2n) is 8.09. The number of anilines is 2. The van der Waals surface area contributed by atoms with Crippen LogP contribution in [-0.4, -0.2) is 30.4 Å². The number of aryl methyl sites for hydroxylation is 1. The van der Waals surface area contributed by atoms with Crippen molar-refractivity contribution in [3.05, 3.63) is 94.0 Å². The molecule has 0 atom stereocenters. The molecule has 0 radical (unpaired) electrons. The van der Waals surface area contributed by atoms with Gasteiger partial charge in [-0.1, -0.05) is 41.9 Å². The van der Waals surface area contributed by atoms with Crippen LogP contribution in [0.5, 0.6) is 5.75 Å². The first-order valence-corrected chi connectivity index (χ1v) is 11.4. The molecule has 3 aromatic rings. The van der Waals surface area contributed by atoms with Crippen LogP contribution in [0.3, 0.4) is 0 Å². The van der Waals surface area contributed by atoms with Crippen LogP contribution >= 0.6 is 11.6 Å². The summed E-state index contributed by atoms with van der Waals surface area (Å²) in [6, 6.07) is 17.5. The van der Waals surface area contributed by atoms with Gasteiger partial charge >= 0.3 is 6.03 Å². The second kappa shape index (κ2) is 10.5. The molecule has 0 unspecified atom stereocenters. The third kappa shape index (κ3) is 5.45. The zero-order chi connectivity index (χ0) is 25.8. The Balaban J connectivity index is 1.49. The van der Waals surface area contributed by atoms with Crippen molar-refractivity contribution in [1.29, 1.82) is 0 Å². The van der Waals surface area contributed by atoms with E-state index in [0.29, 0.717) is 22.0 Å². The van der Waals surface area contributed by atoms with Crippen LogP contribution in [0.4, 0.5) is 16.2 Å². The van der Waals surface area contributed by atoms with Crippen LogP contribution in [0.1, 0.15) is 16.7 Å². The van der Waals surface area contributed by atoms with Gasteiger partial charge in [-0.25, -0.2) is 9.69 Å². The lowest BCUT2D eigenvalue weighted by Gasteiger charge is -2.26. The highest BCUT2D eigenvalue weighted by Crippen LogP contribution is 2.25. The molecule has 36 heavy (non-hydrogen) atoms. The maximum Gasteiger partial charge on any atom is 0.335 e. The second-order valence-corrected chi connectivity index (χ2v) is 8.53. The average Bonchev–Trinajstić information content (AvgIpc) is 2.84. The zero-order valence-corrected chi connectivity index (χ0v) is 20.3. The van der Waals surface area contributed by atoms with E-state index in [1.54, 1.807) is 36.4 Å². The first-order chi connectivity index (χ1) is 17.2. The molecule has 0 aromatic heterocycles. The monoisotopic (exact) mass is 503 g/mol. The molecule has 3 aromatic carbocycles. The van der Waals surface area contributed by atoms with E-state index >= 15 is 0 Å². The van der Waals surface area contributed by atoms with Gasteiger partial charge in [-0.2, -0.15) is 0 Å². The van der Waals surface area contributed by atoms with Crippen molar-refractivity contribution in [2.75, 3.05) is 16.8 Å². The molecular formula is C27H22ClN3O5. The Morgan fingerprint density at radius 3 is 2.56 bits per heavy atom. The summed E-state index contributed by atoms with van der Waals surface area (Å²) in [6.45, 7) is 3.65. The summed E-state index contributed by atoms with van der Waals surface area (Å²) in [7, 11) is 0. The normalized spacial score (nSPS) is 14.6. The van der Waals surface area contributed by atoms with Crippen LogP contribution in [0.2, 0.25) is 5.02 Å². The predicted octanol–water partition coefficient (Wildman–Crippen LogP) is 4.64. The summed E-state index contributed by atoms with van der Waals surface area (Å²) in [5.41, 5.74) is 3.21. The van der Waals surface area contributed by atoms with Crippen molar-refractivity contribution < 1.29 is 23.9 Å². The summed E-state index contributed by atoms with van der Waals surface area (Å²) in [5, 5.41) is 5.32. The number of benzene rings is 3. The van der Waals surface area contributed by atoms with Crippen molar-refractivity contribution >= 4 is 52.8 Å². The molecule has 5 amide bonds. The number of nitrogens with zero attached hydrogens (tertiary/aromatic N) is 1. The predicted molar refractivity (Wildman–Crippen MR) is 137 cm³/mol. The number of carbonyl (C=O) groups is 4. The maximum atomic E-state index is 13.0. The highest BCUT2D eigenvalue weighted by molar-refractivity contribution is 6.39. The number of carbonyl (C=O) groups excluding carboxylic acids is 4. The van der Waals surface area contributed by atoms with Gasteiger partial charge in [0.1, 0.15) is 11.3 Å². The van der Waals surface area contributed by atoms with Gasteiger partial charge in [-0.3, -0.25) is 19.7 Å². The van der Waals surface area contributed by atoms with E-state index in [1.165, 1.54) is 18.2 Å². The number of hydrogen-bond donors (Lipinski definition) is 2. The number of halogens is 1. The Kier molecular flexibility index (Phi) is 7.17. The Labute approximate surface area is 212 Å². The van der Waals surface area contributed by atoms with Gasteiger partial charge in [-0.15, -0.1) is 0 Å². The summed E-state index contributed by atoms with van der Waals surface area (Å²) in [5.74, 6) is -1.57. The fourth-order valence-electron chi connectivity index (χ4n) is 3.59. The van der Waals surface area contributed by atoms with Gasteiger partial charge in [0.15, 0.2) is 6.61 Å². The molecule has 1 aliphatic rings. The van der Waals surface area contributed by atoms with E-state index in [-0.39, 0.29) is 23.8 Å². The number of amides is 5. The molecule has 2 N–H and O–H groups in total. The van der Waals surface area contributed by atoms with E-state index in [0.717, 1.165) is 16.0 Å². The number of urea groups is 1. The minimum atomic E-state index is -0.864. The lowest BCUT2D eigenvalue weighted by Crippen LogP contribution is -2.54. The Morgan fingerprint density at radius 2 is 1.78 bits per heavy atom. The van der Waals surface area contributed by atoms with Gasteiger partial charge in [0, 0.05) is 10.7 Å². The van der Waals surface area contributed by atoms with Gasteiger partial charge in [0.25, 0.3) is 17.7 Å². The molecule has 1 fully saturated rings. The minimum absolute atomic E-state index is 0.232. The number of hydrogen-bond acceptors (Lipinski definition) is 5. The van der Waals surface area contributed by atoms with Crippen molar-refractivity contribution in [3.63, 3.8) is 0 Å². The molecule has 0 aliphatic carbocycles. The number of imide groups is 2. The summed E-state index contributed by atoms with van der Waals surface area (Å²) < 4.78 is 5.61. The van der Waals surface area contributed by atoms with Crippen LogP contribution < -0.4 is 20.3 Å². The van der Waals surface area contributed by atoms with Gasteiger partial charge in [0.2, 0.25) is 0 Å². The third-order valence-electron chi connectivity index (χ3n) is 5.59. The van der Waals surface area contributed by atoms with Crippen molar-refractivity contribution in [1.82, 2.24) is 5.32 Å². The smallest absolute Gasteiger partial charge is 0.335 e. The van der Waals surface area contributed by atoms with Crippen molar-refractivity contribution in [3.8, 4) is 5.75 Å². The van der Waals surface area contributed by atoms with Gasteiger partial charge < -0.3 is 10.1 Å². The molecule has 9 heteroatoms. The number of rotatable bonds is 6. The van der Waals surface area contributed by atoms with Crippen LogP contribution in [-0.2, 0) is 14.4 Å². The Hall–Kier alpha value is -4.43. The summed E-state index contributed by atoms with van der Waals surface area (Å²) in [6.07, 6.45) is 1.35. The van der Waals surface area contributed by atoms with Crippen LogP contribution in [0.25, 0.3) is 6.08 Å². The van der Waals surface area contributed by atoms with E-state index in [2.05, 4.69) is 10.6 Å². The van der Waals surface area contributed by atoms with E-state index < -0.39 is 17.8 Å². The van der Waals surface area contributed by atoms with Crippen LogP contribution in [0.15, 0.2) is 72.3 Å². The van der Waals surface area contributed by atoms with E-state index in [9.17, 15) is 19.2 Å². The minimum Gasteiger partial charge on any atom is -0.484 e. The lowest BCUT2D eigenvalue weighted by atomic mass is 10.1. The average molecular weight is 504 g/mol. The zero-order valence-electron chi connectivity index (χ0n) is 19.5. The molecular weight excluding hydrogens is 482 g/mol. The van der Waals surface area contributed by atoms with E-state index in [4.69, 9.17) is 16.3 Å². The largest absolute Gasteiger partial charge is 0.484 e. The number of nitrogens with one attached hydrogen (secondary N) is 2. The van der Waals surface area contributed by atoms with Crippen molar-refractivity contribution in [2.24, 2.45) is 0 Å². The van der Waals surface area contributed by atoms with Crippen molar-refractivity contribution in [2.45, 2.75) is 13.8 Å². The molecule has 0 spiro atoms. The quantitative estimate of drug-likeness (QED) is 0.376. The molecule has 1 aliphatic heterocycles. The topological polar surface area (TPSA) is 105 Å². The number of ether oxygens (including phenoxy) is 1. The van der Waals surface area contributed by atoms with Crippen LogP contribution in [0, 0.1) is 13.8 Å². The molecule has 8 nitrogen and oxygen atoms in total. The number of barbiturate groups is 1. The fourth-order valence-corrected chi connectivity index (χ4v) is 3.77. The first-order valence-electron chi connectivity index (χ1n) is 11.0. The molecule has 0 bridgehead atoms. The summed E-state index contributed by atoms with van der Waals surface area (Å²) >= 11 is 5.99. The fraction of sp³-hybridized carbons (Fsp3) is 0.111. The maximum absolute atomic E-state index is 13.0. The standard InChI is InChI=1S/C27H22ClN3O5/c1-16-6-3-11-23(17(16)2)29-24(32)15-36-21-10-4-7-18(12-21)13-22-25(33)30-27(35)31(26(22)34)20-9-5-8-19(28)14-20/h3-14H,15H2,1-2H3,(H,29,32)(H,30,33,35)/b22-13+. The first kappa shape index (κ1) is 24.7. The van der Waals surface area contributed by atoms with Gasteiger partial charge in [-0.05, 0) is 73.0 Å². The third-order valence-corrected chi connectivity index (χ3v) is 5.82. The molecule has 182 valence electrons. The lowest BCUT2D eigenvalue weighted by molar-refractivity contribution is -0.122. The Bertz CT molecular complexity index is 1420. The SMILES string of the molecule is Cc1cccc(NC(=O)COc2cccc(/C=C3\C(=O)NC(=O)N(c4cccc(Cl)c4)C3=O)c2)c1C. The van der Waals surface area contributed by atoms with Gasteiger partial charge in [0.05, 0.1) is 5.69 Å². The van der Waals surface area contributed by atoms with E-state index in [1.807, 2.05) is 32.0 Å². The molecule has 0 saturated carbocycles. The highest BCUT2D eigenvalue weighted by atomic mass is 35.5. The summed E-state index contributed by atoms with van der Waals surface area (Å²) in [4.78, 5) is 51.0. The molecule has 1 saturated heterocycles.